The lowest BCUT2D eigenvalue weighted by Crippen LogP contribution is -2.60. The van der Waals surface area contributed by atoms with Gasteiger partial charge in [-0.1, -0.05) is 30.3 Å². The van der Waals surface area contributed by atoms with Crippen molar-refractivity contribution < 1.29 is 33.9 Å². The zero-order valence-corrected chi connectivity index (χ0v) is 34.8. The van der Waals surface area contributed by atoms with Crippen LogP contribution in [0.1, 0.15) is 59.2 Å². The molecule has 3 aromatic carbocycles. The molecule has 17 heteroatoms. The van der Waals surface area contributed by atoms with E-state index in [2.05, 4.69) is 35.5 Å². The van der Waals surface area contributed by atoms with Crippen molar-refractivity contribution in [3.63, 3.8) is 0 Å². The third-order valence-corrected chi connectivity index (χ3v) is 13.2. The van der Waals surface area contributed by atoms with Crippen molar-refractivity contribution in [2.24, 2.45) is 11.8 Å². The van der Waals surface area contributed by atoms with E-state index >= 15 is 0 Å². The second kappa shape index (κ2) is 17.4. The van der Waals surface area contributed by atoms with E-state index in [1.807, 2.05) is 47.4 Å². The Morgan fingerprint density at radius 3 is 2.22 bits per heavy atom. The Bertz CT molecular complexity index is 2450. The van der Waals surface area contributed by atoms with Gasteiger partial charge in [0.15, 0.2) is 5.82 Å². The molecule has 5 N–H and O–H groups in total. The Morgan fingerprint density at radius 1 is 0.746 bits per heavy atom. The van der Waals surface area contributed by atoms with Gasteiger partial charge < -0.3 is 35.8 Å². The maximum absolute atomic E-state index is 14.1. The van der Waals surface area contributed by atoms with Crippen molar-refractivity contribution in [3.8, 4) is 17.0 Å². The maximum atomic E-state index is 14.1. The summed E-state index contributed by atoms with van der Waals surface area (Å²) in [7, 11) is 0. The number of piperazine rings is 1. The number of amides is 6. The van der Waals surface area contributed by atoms with Gasteiger partial charge in [0, 0.05) is 81.6 Å². The zero-order chi connectivity index (χ0) is 43.8. The molecule has 4 aromatic rings. The molecule has 9 rings (SSSR count). The van der Waals surface area contributed by atoms with Crippen LogP contribution in [0.5, 0.6) is 5.75 Å². The third-order valence-electron chi connectivity index (χ3n) is 13.2. The number of benzene rings is 3. The van der Waals surface area contributed by atoms with Crippen LogP contribution in [0.4, 0.5) is 22.9 Å². The van der Waals surface area contributed by atoms with Gasteiger partial charge in [-0.3, -0.25) is 39.0 Å². The quantitative estimate of drug-likeness (QED) is 0.179. The zero-order valence-electron chi connectivity index (χ0n) is 34.8. The van der Waals surface area contributed by atoms with E-state index in [1.54, 1.807) is 36.4 Å². The van der Waals surface area contributed by atoms with Crippen LogP contribution in [-0.2, 0) is 19.2 Å². The number of likely N-dealkylation sites (tertiary alicyclic amines) is 1. The number of carbonyl (C=O) groups is 6. The molecule has 1 aromatic heterocycles. The highest BCUT2D eigenvalue weighted by Gasteiger charge is 2.45. The predicted octanol–water partition coefficient (Wildman–Crippen LogP) is 2.80. The van der Waals surface area contributed by atoms with Crippen molar-refractivity contribution >= 4 is 58.3 Å². The van der Waals surface area contributed by atoms with Gasteiger partial charge in [-0.05, 0) is 86.6 Å². The molecule has 5 aliphatic rings. The van der Waals surface area contributed by atoms with Gasteiger partial charge >= 0.3 is 0 Å². The van der Waals surface area contributed by atoms with Gasteiger partial charge in [-0.2, -0.15) is 0 Å². The second-order valence-electron chi connectivity index (χ2n) is 17.0. The first kappa shape index (κ1) is 41.3. The summed E-state index contributed by atoms with van der Waals surface area (Å²) in [5.41, 5.74) is 10.2. The van der Waals surface area contributed by atoms with Crippen molar-refractivity contribution in [2.75, 3.05) is 72.8 Å². The number of phenolic OH excluding ortho intramolecular Hbond substituents is 1. The van der Waals surface area contributed by atoms with E-state index in [0.717, 1.165) is 29.1 Å². The van der Waals surface area contributed by atoms with Crippen LogP contribution in [0.25, 0.3) is 11.3 Å². The molecule has 0 aliphatic carbocycles. The molecule has 0 bridgehead atoms. The number of anilines is 4. The van der Waals surface area contributed by atoms with Gasteiger partial charge in [0.2, 0.25) is 23.6 Å². The molecule has 63 heavy (non-hydrogen) atoms. The van der Waals surface area contributed by atoms with Crippen molar-refractivity contribution in [2.45, 2.75) is 50.6 Å². The summed E-state index contributed by atoms with van der Waals surface area (Å²) >= 11 is 0. The van der Waals surface area contributed by atoms with E-state index in [0.29, 0.717) is 82.1 Å². The van der Waals surface area contributed by atoms with Crippen LogP contribution >= 0.6 is 0 Å². The number of hydrogen-bond acceptors (Lipinski definition) is 13. The number of imide groups is 2. The number of fused-ring (bicyclic) bond motifs is 1. The van der Waals surface area contributed by atoms with Crippen LogP contribution in [0.3, 0.4) is 0 Å². The van der Waals surface area contributed by atoms with E-state index in [1.165, 1.54) is 0 Å². The summed E-state index contributed by atoms with van der Waals surface area (Å²) in [4.78, 5) is 87.8. The minimum absolute atomic E-state index is 0.0586. The van der Waals surface area contributed by atoms with Crippen LogP contribution in [-0.4, -0.2) is 125 Å². The Morgan fingerprint density at radius 2 is 1.48 bits per heavy atom. The number of hydrogen-bond donors (Lipinski definition) is 4. The van der Waals surface area contributed by atoms with Gasteiger partial charge in [0.25, 0.3) is 11.8 Å². The van der Waals surface area contributed by atoms with Crippen LogP contribution in [0.15, 0.2) is 78.9 Å². The van der Waals surface area contributed by atoms with Gasteiger partial charge in [-0.25, -0.2) is 0 Å². The fraction of sp³-hybridized carbons (Fsp3) is 0.391. The number of rotatable bonds is 9. The minimum atomic E-state index is -1.02. The molecule has 0 saturated carbocycles. The lowest BCUT2D eigenvalue weighted by molar-refractivity contribution is -0.138. The molecule has 6 amide bonds. The first-order chi connectivity index (χ1) is 30.5. The molecule has 4 saturated heterocycles. The highest BCUT2D eigenvalue weighted by molar-refractivity contribution is 6.23. The minimum Gasteiger partial charge on any atom is -0.507 e. The number of carbonyl (C=O) groups excluding carboxylic acids is 6. The molecule has 17 nitrogen and oxygen atoms in total. The molecule has 2 atom stereocenters. The van der Waals surface area contributed by atoms with Gasteiger partial charge in [-0.15, -0.1) is 10.2 Å². The normalized spacial score (nSPS) is 21.1. The number of nitrogens with one attached hydrogen (secondary N) is 2. The summed E-state index contributed by atoms with van der Waals surface area (Å²) in [5, 5.41) is 24.4. The average Bonchev–Trinajstić information content (AvgIpc) is 3.56. The molecule has 6 heterocycles. The molecule has 0 spiro atoms. The number of aromatic nitrogens is 2. The van der Waals surface area contributed by atoms with Crippen molar-refractivity contribution in [3.05, 3.63) is 90.0 Å². The molecular formula is C46H50N10O7. The second-order valence-corrected chi connectivity index (χ2v) is 17.0. The lowest BCUT2D eigenvalue weighted by Gasteiger charge is -2.43. The third kappa shape index (κ3) is 8.22. The van der Waals surface area contributed by atoms with Crippen LogP contribution in [0, 0.1) is 11.8 Å². The highest BCUT2D eigenvalue weighted by atomic mass is 16.3. The highest BCUT2D eigenvalue weighted by Crippen LogP contribution is 2.35. The first-order valence-corrected chi connectivity index (χ1v) is 21.7. The summed E-state index contributed by atoms with van der Waals surface area (Å²) in [6.07, 6.45) is 3.00. The Labute approximate surface area is 364 Å². The van der Waals surface area contributed by atoms with Crippen molar-refractivity contribution in [1.82, 2.24) is 30.6 Å². The van der Waals surface area contributed by atoms with Gasteiger partial charge in [0.05, 0.1) is 22.5 Å². The first-order valence-electron chi connectivity index (χ1n) is 21.7. The van der Waals surface area contributed by atoms with Crippen LogP contribution in [0.2, 0.25) is 0 Å². The molecule has 4 fully saturated rings. The molecular weight excluding hydrogens is 805 g/mol. The number of para-hydroxylation sites is 2. The number of nitrogens with two attached hydrogens (primary N) is 1. The number of aromatic hydroxyl groups is 1. The summed E-state index contributed by atoms with van der Waals surface area (Å²) in [5.74, 6) is -1.68. The number of phenols is 1. The monoisotopic (exact) mass is 854 g/mol. The topological polar surface area (TPSA) is 215 Å². The lowest BCUT2D eigenvalue weighted by atomic mass is 9.91. The predicted molar refractivity (Wildman–Crippen MR) is 234 cm³/mol. The smallest absolute Gasteiger partial charge is 0.262 e. The van der Waals surface area contributed by atoms with Crippen molar-refractivity contribution in [1.29, 1.82) is 0 Å². The summed E-state index contributed by atoms with van der Waals surface area (Å²) in [6.45, 7) is 4.45. The Balaban J connectivity index is 0.777. The largest absolute Gasteiger partial charge is 0.507 e. The van der Waals surface area contributed by atoms with Crippen LogP contribution < -0.4 is 31.1 Å². The number of piperidine rings is 3. The Hall–Kier alpha value is -7.04. The molecule has 0 radical (unpaired) electrons. The average molecular weight is 855 g/mol. The SMILES string of the molecule is Nc1nnc(-c2ccccc2O)cc1N1CCN(c2ccccc2)C(C(=O)NCC2CCN(C(=O)C3CCN(c4ccc5c(c4)C(=O)N(C4CCC(=O)NC4=O)C5=O)CC3)CC2)C1. The van der Waals surface area contributed by atoms with E-state index in [9.17, 15) is 33.9 Å². The molecule has 5 aliphatic heterocycles. The molecule has 2 unspecified atom stereocenters. The van der Waals surface area contributed by atoms with E-state index in [4.69, 9.17) is 5.73 Å². The fourth-order valence-corrected chi connectivity index (χ4v) is 9.64. The standard InChI is InChI=1S/C46H50N10O7/c47-41-37(25-35(50-51-41)33-8-4-5-9-39(33)57)54-22-23-55(30-6-2-1-3-7-30)38(27-54)42(59)48-26-28-14-18-53(19-15-28)44(61)29-16-20-52(21-17-29)31-10-11-32-34(24-31)46(63)56(45(32)62)36-12-13-40(58)49-43(36)60/h1-11,24-25,28-29,36,38,57H,12-23,26-27H2,(H2,47,51)(H,48,59)(H,49,58,60). The fourth-order valence-electron chi connectivity index (χ4n) is 9.64. The van der Waals surface area contributed by atoms with E-state index in [-0.39, 0.29) is 59.2 Å². The summed E-state index contributed by atoms with van der Waals surface area (Å²) < 4.78 is 0. The number of nitrogens with zero attached hydrogens (tertiary/aromatic N) is 7. The Kier molecular flexibility index (Phi) is 11.4. The maximum Gasteiger partial charge on any atom is 0.262 e. The number of nitrogen functional groups attached to an aromatic ring is 1. The van der Waals surface area contributed by atoms with E-state index < -0.39 is 35.7 Å². The van der Waals surface area contributed by atoms with Gasteiger partial charge in [0.1, 0.15) is 17.8 Å². The summed E-state index contributed by atoms with van der Waals surface area (Å²) in [6, 6.07) is 22.2. The molecule has 326 valence electrons.